The fourth-order valence-corrected chi connectivity index (χ4v) is 2.76. The molecule has 15 heavy (non-hydrogen) atoms. The number of piperidine rings is 1. The van der Waals surface area contributed by atoms with E-state index in [9.17, 15) is 0 Å². The molecule has 0 unspecified atom stereocenters. The minimum atomic E-state index is 0.646. The van der Waals surface area contributed by atoms with Crippen molar-refractivity contribution in [3.63, 3.8) is 0 Å². The Bertz CT molecular complexity index is 366. The van der Waals surface area contributed by atoms with Crippen molar-refractivity contribution in [1.29, 1.82) is 5.26 Å². The minimum absolute atomic E-state index is 0.646. The van der Waals surface area contributed by atoms with Gasteiger partial charge in [-0.2, -0.15) is 5.26 Å². The van der Waals surface area contributed by atoms with Gasteiger partial charge in [-0.25, -0.2) is 4.98 Å². The third kappa shape index (κ3) is 2.95. The van der Waals surface area contributed by atoms with Gasteiger partial charge >= 0.3 is 0 Å². The Balaban J connectivity index is 2.00. The maximum Gasteiger partial charge on any atom is 0.0993 e. The maximum atomic E-state index is 8.77. The van der Waals surface area contributed by atoms with E-state index in [0.29, 0.717) is 10.8 Å². The predicted molar refractivity (Wildman–Crippen MR) is 60.7 cm³/mol. The zero-order chi connectivity index (χ0) is 10.5. The first kappa shape index (κ1) is 10.5. The third-order valence-corrected chi connectivity index (χ3v) is 3.71. The predicted octanol–water partition coefficient (Wildman–Crippen LogP) is 1.80. The van der Waals surface area contributed by atoms with E-state index in [1.807, 2.05) is 6.07 Å². The number of rotatable bonds is 2. The average molecular weight is 219 g/mol. The van der Waals surface area contributed by atoms with Crippen molar-refractivity contribution in [3.05, 3.63) is 23.9 Å². The van der Waals surface area contributed by atoms with Gasteiger partial charge in [-0.1, -0.05) is 0 Å². The summed E-state index contributed by atoms with van der Waals surface area (Å²) in [5.41, 5.74) is 0.696. The lowest BCUT2D eigenvalue weighted by atomic mass is 10.2. The molecule has 1 saturated heterocycles. The molecule has 1 aromatic heterocycles. The van der Waals surface area contributed by atoms with E-state index in [-0.39, 0.29) is 0 Å². The molecule has 1 aliphatic rings. The summed E-state index contributed by atoms with van der Waals surface area (Å²) in [7, 11) is 0. The van der Waals surface area contributed by atoms with Crippen LogP contribution in [-0.2, 0) is 0 Å². The second-order valence-electron chi connectivity index (χ2n) is 3.56. The third-order valence-electron chi connectivity index (χ3n) is 2.44. The van der Waals surface area contributed by atoms with Crippen molar-refractivity contribution in [2.24, 2.45) is 0 Å². The molecule has 0 spiro atoms. The molecule has 3 nitrogen and oxygen atoms in total. The molecule has 1 fully saturated rings. The van der Waals surface area contributed by atoms with Crippen molar-refractivity contribution in [3.8, 4) is 6.07 Å². The summed E-state index contributed by atoms with van der Waals surface area (Å²) in [6, 6.07) is 5.75. The molecule has 0 bridgehead atoms. The molecule has 0 aliphatic carbocycles. The fourth-order valence-electron chi connectivity index (χ4n) is 1.63. The second kappa shape index (κ2) is 5.15. The highest BCUT2D eigenvalue weighted by molar-refractivity contribution is 7.99. The Labute approximate surface area is 93.9 Å². The number of hydrogen-bond acceptors (Lipinski definition) is 4. The summed E-state index contributed by atoms with van der Waals surface area (Å²) in [6.07, 6.45) is 4.08. The topological polar surface area (TPSA) is 48.7 Å². The van der Waals surface area contributed by atoms with Crippen LogP contribution >= 0.6 is 11.8 Å². The number of hydrogen-bond donors (Lipinski definition) is 1. The summed E-state index contributed by atoms with van der Waals surface area (Å²) in [5, 5.41) is 13.7. The Morgan fingerprint density at radius 3 is 3.00 bits per heavy atom. The zero-order valence-electron chi connectivity index (χ0n) is 8.44. The normalized spacial score (nSPS) is 17.3. The summed E-state index contributed by atoms with van der Waals surface area (Å²) in [6.45, 7) is 2.19. The van der Waals surface area contributed by atoms with E-state index in [1.54, 1.807) is 24.0 Å². The van der Waals surface area contributed by atoms with Gasteiger partial charge in [0, 0.05) is 11.4 Å². The van der Waals surface area contributed by atoms with Crippen LogP contribution < -0.4 is 5.32 Å². The molecule has 2 heterocycles. The van der Waals surface area contributed by atoms with Crippen molar-refractivity contribution in [1.82, 2.24) is 10.3 Å². The molecule has 0 aromatic carbocycles. The first-order chi connectivity index (χ1) is 7.38. The molecule has 0 radical (unpaired) electrons. The molecule has 1 N–H and O–H groups in total. The van der Waals surface area contributed by atoms with Gasteiger partial charge in [0.05, 0.1) is 16.7 Å². The Kier molecular flexibility index (Phi) is 3.59. The largest absolute Gasteiger partial charge is 0.317 e. The number of pyridine rings is 1. The number of nitrogens with zero attached hydrogens (tertiary/aromatic N) is 2. The molecule has 1 aromatic rings. The molecular weight excluding hydrogens is 206 g/mol. The first-order valence-electron chi connectivity index (χ1n) is 5.12. The van der Waals surface area contributed by atoms with Crippen molar-refractivity contribution < 1.29 is 0 Å². The molecule has 0 atom stereocenters. The van der Waals surface area contributed by atoms with E-state index >= 15 is 0 Å². The lowest BCUT2D eigenvalue weighted by molar-refractivity contribution is 0.531. The van der Waals surface area contributed by atoms with E-state index in [4.69, 9.17) is 5.26 Å². The van der Waals surface area contributed by atoms with Crippen molar-refractivity contribution >= 4 is 11.8 Å². The van der Waals surface area contributed by atoms with Crippen LogP contribution in [-0.4, -0.2) is 23.3 Å². The van der Waals surface area contributed by atoms with Crippen molar-refractivity contribution in [2.75, 3.05) is 13.1 Å². The molecule has 1 aliphatic heterocycles. The monoisotopic (exact) mass is 219 g/mol. The van der Waals surface area contributed by atoms with Crippen LogP contribution in [0.2, 0.25) is 0 Å². The molecule has 78 valence electrons. The summed E-state index contributed by atoms with van der Waals surface area (Å²) in [5.74, 6) is 0. The molecular formula is C11H13N3S. The molecule has 0 amide bonds. The van der Waals surface area contributed by atoms with Gasteiger partial charge in [0.2, 0.25) is 0 Å². The Morgan fingerprint density at radius 1 is 1.47 bits per heavy atom. The quantitative estimate of drug-likeness (QED) is 0.824. The van der Waals surface area contributed by atoms with Crippen LogP contribution in [0.4, 0.5) is 0 Å². The summed E-state index contributed by atoms with van der Waals surface area (Å²) < 4.78 is 0. The second-order valence-corrected chi connectivity index (χ2v) is 4.88. The van der Waals surface area contributed by atoms with Crippen molar-refractivity contribution in [2.45, 2.75) is 23.1 Å². The average Bonchev–Trinajstić information content (AvgIpc) is 2.31. The van der Waals surface area contributed by atoms with Gasteiger partial charge in [0.1, 0.15) is 0 Å². The number of aromatic nitrogens is 1. The highest BCUT2D eigenvalue weighted by Gasteiger charge is 2.14. The minimum Gasteiger partial charge on any atom is -0.317 e. The first-order valence-corrected chi connectivity index (χ1v) is 6.00. The zero-order valence-corrected chi connectivity index (χ0v) is 9.26. The van der Waals surface area contributed by atoms with Crippen LogP contribution in [0.15, 0.2) is 23.4 Å². The van der Waals surface area contributed by atoms with Gasteiger partial charge < -0.3 is 5.32 Å². The molecule has 0 saturated carbocycles. The maximum absolute atomic E-state index is 8.77. The molecule has 4 heteroatoms. The standard InChI is InChI=1S/C11H13N3S/c12-8-9-1-6-14-11(7-9)15-10-2-4-13-5-3-10/h1,6-7,10,13H,2-5H2. The van der Waals surface area contributed by atoms with Gasteiger partial charge in [-0.05, 0) is 38.1 Å². The summed E-state index contributed by atoms with van der Waals surface area (Å²) in [4.78, 5) is 4.27. The van der Waals surface area contributed by atoms with Gasteiger partial charge in [-0.15, -0.1) is 11.8 Å². The van der Waals surface area contributed by atoms with Gasteiger partial charge in [0.15, 0.2) is 0 Å². The van der Waals surface area contributed by atoms with E-state index in [1.165, 1.54) is 12.8 Å². The molecule has 2 rings (SSSR count). The number of nitriles is 1. The van der Waals surface area contributed by atoms with E-state index in [0.717, 1.165) is 18.1 Å². The van der Waals surface area contributed by atoms with Gasteiger partial charge in [-0.3, -0.25) is 0 Å². The fraction of sp³-hybridized carbons (Fsp3) is 0.455. The van der Waals surface area contributed by atoms with Crippen LogP contribution in [0.25, 0.3) is 0 Å². The van der Waals surface area contributed by atoms with E-state index < -0.39 is 0 Å². The van der Waals surface area contributed by atoms with Crippen LogP contribution in [0.1, 0.15) is 18.4 Å². The number of nitrogens with one attached hydrogen (secondary N) is 1. The van der Waals surface area contributed by atoms with Crippen LogP contribution in [0.3, 0.4) is 0 Å². The smallest absolute Gasteiger partial charge is 0.0993 e. The lowest BCUT2D eigenvalue weighted by Gasteiger charge is -2.21. The van der Waals surface area contributed by atoms with Gasteiger partial charge in [0.25, 0.3) is 0 Å². The van der Waals surface area contributed by atoms with Crippen LogP contribution in [0, 0.1) is 11.3 Å². The number of thioether (sulfide) groups is 1. The SMILES string of the molecule is N#Cc1ccnc(SC2CCNCC2)c1. The highest BCUT2D eigenvalue weighted by Crippen LogP contribution is 2.27. The van der Waals surface area contributed by atoms with Crippen LogP contribution in [0.5, 0.6) is 0 Å². The lowest BCUT2D eigenvalue weighted by Crippen LogP contribution is -2.29. The van der Waals surface area contributed by atoms with E-state index in [2.05, 4.69) is 16.4 Å². The summed E-state index contributed by atoms with van der Waals surface area (Å²) >= 11 is 1.79. The Morgan fingerprint density at radius 2 is 2.27 bits per heavy atom. The Hall–Kier alpha value is -1.05. The highest BCUT2D eigenvalue weighted by atomic mass is 32.2.